The van der Waals surface area contributed by atoms with Crippen molar-refractivity contribution in [3.8, 4) is 0 Å². The molecule has 0 aliphatic rings. The molecule has 1 rings (SSSR count). The molecule has 1 heterocycles. The summed E-state index contributed by atoms with van der Waals surface area (Å²) < 4.78 is 4.93. The molecule has 1 aromatic heterocycles. The number of carbonyl (C=O) groups excluding carboxylic acids is 1. The van der Waals surface area contributed by atoms with Gasteiger partial charge in [0.05, 0.1) is 6.26 Å². The van der Waals surface area contributed by atoms with Crippen LogP contribution < -0.4 is 0 Å². The Morgan fingerprint density at radius 3 is 2.82 bits per heavy atom. The molecule has 2 nitrogen and oxygen atoms in total. The van der Waals surface area contributed by atoms with E-state index >= 15 is 0 Å². The second-order valence-electron chi connectivity index (χ2n) is 2.28. The van der Waals surface area contributed by atoms with Gasteiger partial charge in [-0.3, -0.25) is 4.79 Å². The summed E-state index contributed by atoms with van der Waals surface area (Å²) >= 11 is 0. The lowest BCUT2D eigenvalue weighted by molar-refractivity contribution is 0.100. The highest BCUT2D eigenvalue weighted by Gasteiger charge is 2.08. The van der Waals surface area contributed by atoms with E-state index in [1.54, 1.807) is 25.1 Å². The van der Waals surface area contributed by atoms with E-state index in [1.165, 1.54) is 6.26 Å². The molecule has 0 saturated heterocycles. The van der Waals surface area contributed by atoms with E-state index in [4.69, 9.17) is 4.42 Å². The van der Waals surface area contributed by atoms with Crippen molar-refractivity contribution in [3.05, 3.63) is 35.8 Å². The molecular weight excluding hydrogens is 140 g/mol. The number of rotatable bonds is 2. The number of furan rings is 1. The molecule has 0 aliphatic carbocycles. The fraction of sp³-hybridized carbons (Fsp3) is 0.222. The standard InChI is InChI=1S/C9H10O2/c1-3-7(2)9(10)8-5-4-6-11-8/h3-6H,1-2H3/b7-3+. The topological polar surface area (TPSA) is 30.2 Å². The highest BCUT2D eigenvalue weighted by atomic mass is 16.3. The van der Waals surface area contributed by atoms with Gasteiger partial charge in [-0.1, -0.05) is 6.08 Å². The van der Waals surface area contributed by atoms with Gasteiger partial charge in [-0.15, -0.1) is 0 Å². The van der Waals surface area contributed by atoms with E-state index in [-0.39, 0.29) is 5.78 Å². The normalized spacial score (nSPS) is 11.6. The average Bonchev–Trinajstić information content (AvgIpc) is 2.53. The predicted molar refractivity (Wildman–Crippen MR) is 42.5 cm³/mol. The first-order valence-corrected chi connectivity index (χ1v) is 3.47. The van der Waals surface area contributed by atoms with Gasteiger partial charge in [0.15, 0.2) is 5.76 Å². The van der Waals surface area contributed by atoms with Gasteiger partial charge < -0.3 is 4.42 Å². The first kappa shape index (κ1) is 7.79. The monoisotopic (exact) mass is 150 g/mol. The van der Waals surface area contributed by atoms with Gasteiger partial charge in [-0.05, 0) is 31.6 Å². The first-order valence-electron chi connectivity index (χ1n) is 3.47. The Bertz CT molecular complexity index is 268. The second-order valence-corrected chi connectivity index (χ2v) is 2.28. The van der Waals surface area contributed by atoms with Gasteiger partial charge in [-0.25, -0.2) is 0 Å². The van der Waals surface area contributed by atoms with E-state index < -0.39 is 0 Å². The van der Waals surface area contributed by atoms with Crippen LogP contribution in [0.15, 0.2) is 34.5 Å². The molecule has 0 unspecified atom stereocenters. The van der Waals surface area contributed by atoms with Crippen LogP contribution in [0.4, 0.5) is 0 Å². The van der Waals surface area contributed by atoms with Crippen molar-refractivity contribution in [1.29, 1.82) is 0 Å². The van der Waals surface area contributed by atoms with E-state index in [2.05, 4.69) is 0 Å². The summed E-state index contributed by atoms with van der Waals surface area (Å²) in [5, 5.41) is 0. The molecular formula is C9H10O2. The maximum absolute atomic E-state index is 11.3. The molecule has 0 aliphatic heterocycles. The molecule has 0 saturated carbocycles. The van der Waals surface area contributed by atoms with Crippen LogP contribution in [0, 0.1) is 0 Å². The number of Topliss-reactive ketones (excluding diaryl/α,β-unsaturated/α-hetero) is 1. The second kappa shape index (κ2) is 3.19. The fourth-order valence-corrected chi connectivity index (χ4v) is 0.733. The van der Waals surface area contributed by atoms with Crippen LogP contribution in [0.2, 0.25) is 0 Å². The minimum Gasteiger partial charge on any atom is -0.461 e. The van der Waals surface area contributed by atoms with Gasteiger partial charge in [0.2, 0.25) is 5.78 Å². The van der Waals surface area contributed by atoms with Crippen molar-refractivity contribution in [2.45, 2.75) is 13.8 Å². The quantitative estimate of drug-likeness (QED) is 0.478. The molecule has 0 radical (unpaired) electrons. The van der Waals surface area contributed by atoms with Crippen LogP contribution >= 0.6 is 0 Å². The Kier molecular flexibility index (Phi) is 2.26. The van der Waals surface area contributed by atoms with E-state index in [0.29, 0.717) is 11.3 Å². The van der Waals surface area contributed by atoms with Gasteiger partial charge in [-0.2, -0.15) is 0 Å². The van der Waals surface area contributed by atoms with E-state index in [9.17, 15) is 4.79 Å². The Balaban J connectivity index is 2.87. The van der Waals surface area contributed by atoms with Crippen LogP contribution in [0.5, 0.6) is 0 Å². The van der Waals surface area contributed by atoms with Crippen LogP contribution in [0.1, 0.15) is 24.4 Å². The Morgan fingerprint density at radius 1 is 1.64 bits per heavy atom. The summed E-state index contributed by atoms with van der Waals surface area (Å²) in [6.07, 6.45) is 3.26. The minimum atomic E-state index is -0.0440. The van der Waals surface area contributed by atoms with Crippen LogP contribution in [-0.2, 0) is 0 Å². The zero-order chi connectivity index (χ0) is 8.27. The summed E-state index contributed by atoms with van der Waals surface area (Å²) in [5.41, 5.74) is 0.708. The lowest BCUT2D eigenvalue weighted by Gasteiger charge is -1.93. The number of ketones is 1. The molecule has 0 amide bonds. The summed E-state index contributed by atoms with van der Waals surface area (Å²) in [4.78, 5) is 11.3. The summed E-state index contributed by atoms with van der Waals surface area (Å²) in [6.45, 7) is 3.60. The zero-order valence-corrected chi connectivity index (χ0v) is 6.63. The molecule has 0 spiro atoms. The van der Waals surface area contributed by atoms with Gasteiger partial charge in [0.25, 0.3) is 0 Å². The summed E-state index contributed by atoms with van der Waals surface area (Å²) in [7, 11) is 0. The zero-order valence-electron chi connectivity index (χ0n) is 6.63. The Hall–Kier alpha value is -1.31. The number of allylic oxidation sites excluding steroid dienone is 2. The molecule has 0 aromatic carbocycles. The lowest BCUT2D eigenvalue weighted by atomic mass is 10.1. The largest absolute Gasteiger partial charge is 0.461 e. The number of hydrogen-bond acceptors (Lipinski definition) is 2. The third kappa shape index (κ3) is 1.58. The van der Waals surface area contributed by atoms with Crippen molar-refractivity contribution >= 4 is 5.78 Å². The van der Waals surface area contributed by atoms with Crippen molar-refractivity contribution < 1.29 is 9.21 Å². The molecule has 11 heavy (non-hydrogen) atoms. The van der Waals surface area contributed by atoms with E-state index in [1.807, 2.05) is 6.92 Å². The molecule has 0 N–H and O–H groups in total. The summed E-state index contributed by atoms with van der Waals surface area (Å²) in [6, 6.07) is 3.37. The van der Waals surface area contributed by atoms with Crippen molar-refractivity contribution in [1.82, 2.24) is 0 Å². The smallest absolute Gasteiger partial charge is 0.223 e. The Morgan fingerprint density at radius 2 is 2.36 bits per heavy atom. The van der Waals surface area contributed by atoms with Crippen LogP contribution in [0.3, 0.4) is 0 Å². The van der Waals surface area contributed by atoms with Gasteiger partial charge >= 0.3 is 0 Å². The van der Waals surface area contributed by atoms with E-state index in [0.717, 1.165) is 0 Å². The Labute approximate surface area is 65.5 Å². The third-order valence-corrected chi connectivity index (χ3v) is 1.54. The number of hydrogen-bond donors (Lipinski definition) is 0. The SMILES string of the molecule is C/C=C(\C)C(=O)c1ccco1. The van der Waals surface area contributed by atoms with Crippen molar-refractivity contribution in [2.24, 2.45) is 0 Å². The van der Waals surface area contributed by atoms with Crippen molar-refractivity contribution in [2.75, 3.05) is 0 Å². The summed E-state index contributed by atoms with van der Waals surface area (Å²) in [5.74, 6) is 0.359. The molecule has 0 bridgehead atoms. The fourth-order valence-electron chi connectivity index (χ4n) is 0.733. The van der Waals surface area contributed by atoms with Crippen molar-refractivity contribution in [3.63, 3.8) is 0 Å². The van der Waals surface area contributed by atoms with Gasteiger partial charge in [0.1, 0.15) is 0 Å². The minimum absolute atomic E-state index is 0.0440. The first-order chi connectivity index (χ1) is 5.25. The molecule has 58 valence electrons. The van der Waals surface area contributed by atoms with Crippen LogP contribution in [-0.4, -0.2) is 5.78 Å². The molecule has 0 atom stereocenters. The van der Waals surface area contributed by atoms with Crippen LogP contribution in [0.25, 0.3) is 0 Å². The molecule has 0 fully saturated rings. The average molecular weight is 150 g/mol. The predicted octanol–water partition coefficient (Wildman–Crippen LogP) is 2.43. The molecule has 1 aromatic rings. The third-order valence-electron chi connectivity index (χ3n) is 1.54. The maximum atomic E-state index is 11.3. The van der Waals surface area contributed by atoms with Gasteiger partial charge in [0, 0.05) is 0 Å². The molecule has 2 heteroatoms. The highest BCUT2D eigenvalue weighted by molar-refractivity contribution is 6.06. The maximum Gasteiger partial charge on any atom is 0.223 e. The lowest BCUT2D eigenvalue weighted by Crippen LogP contribution is -1.97. The number of carbonyl (C=O) groups is 1. The highest BCUT2D eigenvalue weighted by Crippen LogP contribution is 2.07.